The molecule has 0 aliphatic carbocycles. The predicted octanol–water partition coefficient (Wildman–Crippen LogP) is 1.40. The van der Waals surface area contributed by atoms with Gasteiger partial charge >= 0.3 is 0 Å². The molecule has 0 spiro atoms. The van der Waals surface area contributed by atoms with Crippen LogP contribution in [0.25, 0.3) is 0 Å². The normalized spacial score (nSPS) is 24.7. The topological polar surface area (TPSA) is 41.6 Å². The van der Waals surface area contributed by atoms with Crippen LogP contribution in [0.15, 0.2) is 24.3 Å². The molecular weight excluding hydrogens is 266 g/mol. The molecule has 2 aliphatic heterocycles. The number of amides is 1. The van der Waals surface area contributed by atoms with E-state index < -0.39 is 24.9 Å². The molecule has 0 saturated carbocycles. The van der Waals surface area contributed by atoms with Gasteiger partial charge in [-0.3, -0.25) is 10.1 Å². The lowest BCUT2D eigenvalue weighted by atomic mass is 10.1. The van der Waals surface area contributed by atoms with E-state index >= 15 is 0 Å². The summed E-state index contributed by atoms with van der Waals surface area (Å²) in [5.74, 6) is -2.31. The average molecular weight is 282 g/mol. The molecule has 0 bridgehead atoms. The fraction of sp³-hybridized carbons (Fsp3) is 0.500. The van der Waals surface area contributed by atoms with Crippen molar-refractivity contribution in [1.82, 2.24) is 10.2 Å². The third kappa shape index (κ3) is 2.60. The van der Waals surface area contributed by atoms with Crippen LogP contribution in [-0.2, 0) is 11.3 Å². The van der Waals surface area contributed by atoms with E-state index in [4.69, 9.17) is 4.74 Å². The zero-order valence-corrected chi connectivity index (χ0v) is 10.9. The van der Waals surface area contributed by atoms with E-state index in [1.54, 1.807) is 4.90 Å². The highest BCUT2D eigenvalue weighted by Gasteiger charge is 2.43. The Bertz CT molecular complexity index is 522. The maximum atomic E-state index is 13.2. The minimum Gasteiger partial charge on any atom is -0.491 e. The lowest BCUT2D eigenvalue weighted by Crippen LogP contribution is -2.44. The molecule has 1 N–H and O–H groups in total. The molecule has 1 atom stereocenters. The number of carbonyl (C=O) groups excluding carboxylic acids is 1. The van der Waals surface area contributed by atoms with Crippen molar-refractivity contribution in [2.75, 3.05) is 19.7 Å². The number of halogens is 2. The van der Waals surface area contributed by atoms with Crippen LogP contribution in [-0.4, -0.2) is 42.5 Å². The second-order valence-corrected chi connectivity index (χ2v) is 5.21. The lowest BCUT2D eigenvalue weighted by Gasteiger charge is -2.23. The summed E-state index contributed by atoms with van der Waals surface area (Å²) in [6.45, 7) is 0.770. The third-order valence-corrected chi connectivity index (χ3v) is 3.67. The fourth-order valence-electron chi connectivity index (χ4n) is 2.62. The first-order valence-electron chi connectivity index (χ1n) is 6.66. The smallest absolute Gasteiger partial charge is 0.262 e. The van der Waals surface area contributed by atoms with E-state index in [0.717, 1.165) is 11.3 Å². The number of carbonyl (C=O) groups is 1. The summed E-state index contributed by atoms with van der Waals surface area (Å²) in [5.41, 5.74) is 0.906. The number of rotatable bonds is 1. The Morgan fingerprint density at radius 1 is 1.40 bits per heavy atom. The van der Waals surface area contributed by atoms with E-state index in [1.807, 2.05) is 24.3 Å². The highest BCUT2D eigenvalue weighted by atomic mass is 19.3. The SMILES string of the molecule is O=C(C1CC(F)(F)CN1)N1CCOc2ccccc2C1. The van der Waals surface area contributed by atoms with Gasteiger partial charge in [-0.2, -0.15) is 0 Å². The van der Waals surface area contributed by atoms with Crippen LogP contribution >= 0.6 is 0 Å². The van der Waals surface area contributed by atoms with Gasteiger partial charge in [0.25, 0.3) is 5.92 Å². The summed E-state index contributed by atoms with van der Waals surface area (Å²) in [5, 5.41) is 2.61. The van der Waals surface area contributed by atoms with Gasteiger partial charge in [-0.25, -0.2) is 8.78 Å². The Morgan fingerprint density at radius 3 is 2.95 bits per heavy atom. The molecule has 2 heterocycles. The Labute approximate surface area is 115 Å². The Balaban J connectivity index is 1.73. The highest BCUT2D eigenvalue weighted by Crippen LogP contribution is 2.28. The van der Waals surface area contributed by atoms with Crippen molar-refractivity contribution >= 4 is 5.91 Å². The largest absolute Gasteiger partial charge is 0.491 e. The van der Waals surface area contributed by atoms with Gasteiger partial charge in [0.1, 0.15) is 12.4 Å². The van der Waals surface area contributed by atoms with Gasteiger partial charge in [0.2, 0.25) is 5.91 Å². The molecule has 1 unspecified atom stereocenters. The van der Waals surface area contributed by atoms with Crippen LogP contribution in [0, 0.1) is 0 Å². The van der Waals surface area contributed by atoms with Crippen molar-refractivity contribution in [1.29, 1.82) is 0 Å². The number of fused-ring (bicyclic) bond motifs is 1. The first-order chi connectivity index (χ1) is 9.55. The summed E-state index contributed by atoms with van der Waals surface area (Å²) in [6.07, 6.45) is -0.426. The number of hydrogen-bond acceptors (Lipinski definition) is 3. The molecule has 2 aliphatic rings. The number of ether oxygens (including phenoxy) is 1. The van der Waals surface area contributed by atoms with Gasteiger partial charge in [-0.15, -0.1) is 0 Å². The van der Waals surface area contributed by atoms with Crippen molar-refractivity contribution in [3.63, 3.8) is 0 Å². The van der Waals surface area contributed by atoms with Crippen molar-refractivity contribution in [3.8, 4) is 5.75 Å². The Hall–Kier alpha value is -1.69. The molecule has 20 heavy (non-hydrogen) atoms. The molecule has 1 fully saturated rings. The molecule has 6 heteroatoms. The molecule has 1 amide bonds. The van der Waals surface area contributed by atoms with Gasteiger partial charge in [0, 0.05) is 18.5 Å². The summed E-state index contributed by atoms with van der Waals surface area (Å²) < 4.78 is 31.9. The fourth-order valence-corrected chi connectivity index (χ4v) is 2.62. The molecule has 3 rings (SSSR count). The van der Waals surface area contributed by atoms with Crippen molar-refractivity contribution in [2.24, 2.45) is 0 Å². The minimum absolute atomic E-state index is 0.275. The van der Waals surface area contributed by atoms with E-state index in [1.165, 1.54) is 0 Å². The molecule has 0 radical (unpaired) electrons. The molecular formula is C14H16F2N2O2. The summed E-state index contributed by atoms with van der Waals surface area (Å²) in [7, 11) is 0. The number of para-hydroxylation sites is 1. The zero-order chi connectivity index (χ0) is 14.2. The molecule has 1 aromatic rings. The molecule has 0 aromatic heterocycles. The lowest BCUT2D eigenvalue weighted by molar-refractivity contribution is -0.134. The number of nitrogens with one attached hydrogen (secondary N) is 1. The van der Waals surface area contributed by atoms with Crippen LogP contribution < -0.4 is 10.1 Å². The predicted molar refractivity (Wildman–Crippen MR) is 68.7 cm³/mol. The molecule has 108 valence electrons. The number of nitrogens with zero attached hydrogens (tertiary/aromatic N) is 1. The van der Waals surface area contributed by atoms with Crippen LogP contribution in [0.2, 0.25) is 0 Å². The van der Waals surface area contributed by atoms with Crippen molar-refractivity contribution in [3.05, 3.63) is 29.8 Å². The number of benzene rings is 1. The standard InChI is InChI=1S/C14H16F2N2O2/c15-14(16)7-11(17-9-14)13(19)18-5-6-20-12-4-2-1-3-10(12)8-18/h1-4,11,17H,5-9H2. The summed E-state index contributed by atoms with van der Waals surface area (Å²) in [6, 6.07) is 6.69. The zero-order valence-electron chi connectivity index (χ0n) is 10.9. The van der Waals surface area contributed by atoms with Gasteiger partial charge in [-0.05, 0) is 6.07 Å². The van der Waals surface area contributed by atoms with Crippen LogP contribution in [0.5, 0.6) is 5.75 Å². The number of hydrogen-bond donors (Lipinski definition) is 1. The first kappa shape index (κ1) is 13.3. The van der Waals surface area contributed by atoms with E-state index in [-0.39, 0.29) is 5.91 Å². The minimum atomic E-state index is -2.79. The third-order valence-electron chi connectivity index (χ3n) is 3.67. The highest BCUT2D eigenvalue weighted by molar-refractivity contribution is 5.82. The maximum Gasteiger partial charge on any atom is 0.262 e. The van der Waals surface area contributed by atoms with E-state index in [2.05, 4.69) is 5.32 Å². The first-order valence-corrected chi connectivity index (χ1v) is 6.66. The van der Waals surface area contributed by atoms with Crippen LogP contribution in [0.1, 0.15) is 12.0 Å². The Morgan fingerprint density at radius 2 is 2.20 bits per heavy atom. The second-order valence-electron chi connectivity index (χ2n) is 5.21. The summed E-state index contributed by atoms with van der Waals surface area (Å²) in [4.78, 5) is 13.9. The average Bonchev–Trinajstić information content (AvgIpc) is 2.67. The number of alkyl halides is 2. The van der Waals surface area contributed by atoms with E-state index in [0.29, 0.717) is 19.7 Å². The van der Waals surface area contributed by atoms with Gasteiger partial charge in [0.05, 0.1) is 19.1 Å². The van der Waals surface area contributed by atoms with Crippen molar-refractivity contribution in [2.45, 2.75) is 24.9 Å². The monoisotopic (exact) mass is 282 g/mol. The van der Waals surface area contributed by atoms with E-state index in [9.17, 15) is 13.6 Å². The Kier molecular flexibility index (Phi) is 3.33. The summed E-state index contributed by atoms with van der Waals surface area (Å²) >= 11 is 0. The van der Waals surface area contributed by atoms with Gasteiger partial charge in [-0.1, -0.05) is 18.2 Å². The van der Waals surface area contributed by atoms with Crippen LogP contribution in [0.3, 0.4) is 0 Å². The molecule has 1 aromatic carbocycles. The van der Waals surface area contributed by atoms with Gasteiger partial charge in [0.15, 0.2) is 0 Å². The van der Waals surface area contributed by atoms with Gasteiger partial charge < -0.3 is 9.64 Å². The molecule has 1 saturated heterocycles. The molecule has 4 nitrogen and oxygen atoms in total. The quantitative estimate of drug-likeness (QED) is 0.846. The van der Waals surface area contributed by atoms with Crippen LogP contribution in [0.4, 0.5) is 8.78 Å². The van der Waals surface area contributed by atoms with Crippen molar-refractivity contribution < 1.29 is 18.3 Å². The maximum absolute atomic E-state index is 13.2. The second kappa shape index (κ2) is 5.01.